The van der Waals surface area contributed by atoms with Gasteiger partial charge in [-0.05, 0) is 52.9 Å². The summed E-state index contributed by atoms with van der Waals surface area (Å²) < 4.78 is 7.66. The molecule has 0 aliphatic heterocycles. The highest BCUT2D eigenvalue weighted by molar-refractivity contribution is 7.22. The molecule has 25 heavy (non-hydrogen) atoms. The third-order valence-electron chi connectivity index (χ3n) is 3.56. The van der Waals surface area contributed by atoms with Gasteiger partial charge in [-0.15, -0.1) is 5.10 Å². The van der Waals surface area contributed by atoms with E-state index in [4.69, 9.17) is 4.74 Å². The molecule has 0 aliphatic rings. The van der Waals surface area contributed by atoms with Crippen LogP contribution in [-0.2, 0) is 0 Å². The second-order valence-corrected chi connectivity index (χ2v) is 6.14. The van der Waals surface area contributed by atoms with Gasteiger partial charge in [-0.1, -0.05) is 11.3 Å². The van der Waals surface area contributed by atoms with Crippen molar-refractivity contribution in [2.45, 2.75) is 0 Å². The molecule has 9 heteroatoms. The molecule has 0 radical (unpaired) electrons. The molecule has 0 fully saturated rings. The van der Waals surface area contributed by atoms with Gasteiger partial charge in [0.2, 0.25) is 0 Å². The van der Waals surface area contributed by atoms with Gasteiger partial charge >= 0.3 is 0 Å². The van der Waals surface area contributed by atoms with Crippen LogP contribution in [0.5, 0.6) is 5.75 Å². The summed E-state index contributed by atoms with van der Waals surface area (Å²) in [6, 6.07) is 12.6. The van der Waals surface area contributed by atoms with E-state index in [0.717, 1.165) is 21.7 Å². The van der Waals surface area contributed by atoms with Gasteiger partial charge in [0, 0.05) is 5.56 Å². The number of carbonyl (C=O) groups excluding carboxylic acids is 1. The van der Waals surface area contributed by atoms with Crippen molar-refractivity contribution < 1.29 is 9.53 Å². The Morgan fingerprint density at radius 3 is 2.76 bits per heavy atom. The summed E-state index contributed by atoms with van der Waals surface area (Å²) >= 11 is 1.40. The number of fused-ring (bicyclic) bond motifs is 1. The molecule has 4 aromatic rings. The van der Waals surface area contributed by atoms with Crippen molar-refractivity contribution in [3.8, 4) is 11.4 Å². The molecular weight excluding hydrogens is 340 g/mol. The maximum Gasteiger partial charge on any atom is 0.257 e. The number of benzene rings is 2. The molecular formula is C16H12N6O2S. The topological polar surface area (TPSA) is 94.8 Å². The highest BCUT2D eigenvalue weighted by atomic mass is 32.1. The Labute approximate surface area is 146 Å². The maximum atomic E-state index is 12.4. The normalized spacial score (nSPS) is 10.8. The Morgan fingerprint density at radius 2 is 2.04 bits per heavy atom. The zero-order valence-electron chi connectivity index (χ0n) is 13.1. The van der Waals surface area contributed by atoms with E-state index < -0.39 is 0 Å². The molecule has 0 aliphatic carbocycles. The van der Waals surface area contributed by atoms with Crippen molar-refractivity contribution in [2.75, 3.05) is 12.4 Å². The number of amides is 1. The third-order valence-corrected chi connectivity index (χ3v) is 4.49. The fourth-order valence-corrected chi connectivity index (χ4v) is 3.19. The minimum atomic E-state index is -0.228. The lowest BCUT2D eigenvalue weighted by Gasteiger charge is -2.03. The average molecular weight is 352 g/mol. The van der Waals surface area contributed by atoms with Crippen molar-refractivity contribution in [2.24, 2.45) is 0 Å². The van der Waals surface area contributed by atoms with Crippen molar-refractivity contribution in [3.05, 3.63) is 54.4 Å². The van der Waals surface area contributed by atoms with E-state index in [2.05, 4.69) is 25.8 Å². The number of tetrazole rings is 1. The van der Waals surface area contributed by atoms with Crippen molar-refractivity contribution in [1.82, 2.24) is 25.2 Å². The summed E-state index contributed by atoms with van der Waals surface area (Å²) in [6.07, 6.45) is 1.49. The van der Waals surface area contributed by atoms with Crippen LogP contribution in [-0.4, -0.2) is 38.2 Å². The van der Waals surface area contributed by atoms with E-state index >= 15 is 0 Å². The Kier molecular flexibility index (Phi) is 3.82. The number of carbonyl (C=O) groups is 1. The van der Waals surface area contributed by atoms with E-state index in [0.29, 0.717) is 10.7 Å². The van der Waals surface area contributed by atoms with Crippen LogP contribution in [0.15, 0.2) is 48.8 Å². The Balaban J connectivity index is 1.53. The first-order valence-corrected chi connectivity index (χ1v) is 8.14. The molecule has 0 saturated carbocycles. The largest absolute Gasteiger partial charge is 0.497 e. The Morgan fingerprint density at radius 1 is 1.20 bits per heavy atom. The van der Waals surface area contributed by atoms with Gasteiger partial charge < -0.3 is 4.74 Å². The number of thiazole rings is 1. The van der Waals surface area contributed by atoms with Gasteiger partial charge in [0.25, 0.3) is 5.91 Å². The van der Waals surface area contributed by atoms with Crippen LogP contribution in [0.1, 0.15) is 10.4 Å². The van der Waals surface area contributed by atoms with Crippen molar-refractivity contribution in [3.63, 3.8) is 0 Å². The van der Waals surface area contributed by atoms with Crippen molar-refractivity contribution >= 4 is 32.6 Å². The minimum absolute atomic E-state index is 0.228. The van der Waals surface area contributed by atoms with Gasteiger partial charge in [-0.2, -0.15) is 0 Å². The SMILES string of the molecule is COc1ccc2nc(NC(=O)c3ccc(-n4cnnn4)cc3)sc2c1. The number of methoxy groups -OCH3 is 1. The zero-order valence-corrected chi connectivity index (χ0v) is 13.9. The zero-order chi connectivity index (χ0) is 17.2. The van der Waals surface area contributed by atoms with E-state index in [-0.39, 0.29) is 5.91 Å². The summed E-state index contributed by atoms with van der Waals surface area (Å²) in [5, 5.41) is 14.3. The number of aromatic nitrogens is 5. The van der Waals surface area contributed by atoms with Crippen LogP contribution in [0, 0.1) is 0 Å². The smallest absolute Gasteiger partial charge is 0.257 e. The molecule has 1 amide bonds. The Hall–Kier alpha value is -3.33. The quantitative estimate of drug-likeness (QED) is 0.606. The summed E-state index contributed by atoms with van der Waals surface area (Å²) in [5.41, 5.74) is 2.11. The Bertz CT molecular complexity index is 1030. The van der Waals surface area contributed by atoms with Crippen molar-refractivity contribution in [1.29, 1.82) is 0 Å². The van der Waals surface area contributed by atoms with Crippen LogP contribution in [0.4, 0.5) is 5.13 Å². The molecule has 2 aromatic heterocycles. The van der Waals surface area contributed by atoms with Gasteiger partial charge in [-0.25, -0.2) is 9.67 Å². The molecule has 0 saturated heterocycles. The number of ether oxygens (including phenoxy) is 1. The number of hydrogen-bond donors (Lipinski definition) is 1. The molecule has 0 atom stereocenters. The first kappa shape index (κ1) is 15.2. The number of anilines is 1. The van der Waals surface area contributed by atoms with Crippen LogP contribution < -0.4 is 10.1 Å². The van der Waals surface area contributed by atoms with E-state index in [1.807, 2.05) is 18.2 Å². The van der Waals surface area contributed by atoms with Gasteiger partial charge in [0.05, 0.1) is 23.0 Å². The third kappa shape index (κ3) is 3.04. The molecule has 0 unspecified atom stereocenters. The lowest BCUT2D eigenvalue weighted by atomic mass is 10.2. The van der Waals surface area contributed by atoms with Crippen LogP contribution in [0.2, 0.25) is 0 Å². The maximum absolute atomic E-state index is 12.4. The molecule has 2 aromatic carbocycles. The van der Waals surface area contributed by atoms with Gasteiger partial charge in [0.1, 0.15) is 12.1 Å². The van der Waals surface area contributed by atoms with Gasteiger partial charge in [-0.3, -0.25) is 10.1 Å². The first-order valence-electron chi connectivity index (χ1n) is 7.32. The summed E-state index contributed by atoms with van der Waals surface area (Å²) in [6.45, 7) is 0. The number of nitrogens with one attached hydrogen (secondary N) is 1. The van der Waals surface area contributed by atoms with E-state index in [1.54, 1.807) is 31.4 Å². The monoisotopic (exact) mass is 352 g/mol. The average Bonchev–Trinajstić information content (AvgIpc) is 3.30. The predicted octanol–water partition coefficient (Wildman–Crippen LogP) is 2.53. The van der Waals surface area contributed by atoms with E-state index in [9.17, 15) is 4.79 Å². The van der Waals surface area contributed by atoms with E-state index in [1.165, 1.54) is 22.3 Å². The number of nitrogens with zero attached hydrogens (tertiary/aromatic N) is 5. The summed E-state index contributed by atoms with van der Waals surface area (Å²) in [5.74, 6) is 0.529. The molecule has 124 valence electrons. The summed E-state index contributed by atoms with van der Waals surface area (Å²) in [4.78, 5) is 16.8. The molecule has 1 N–H and O–H groups in total. The molecule has 8 nitrogen and oxygen atoms in total. The predicted molar refractivity (Wildman–Crippen MR) is 93.3 cm³/mol. The second kappa shape index (κ2) is 6.29. The van der Waals surface area contributed by atoms with Gasteiger partial charge in [0.15, 0.2) is 5.13 Å². The minimum Gasteiger partial charge on any atom is -0.497 e. The molecule has 0 spiro atoms. The molecule has 2 heterocycles. The fraction of sp³-hybridized carbons (Fsp3) is 0.0625. The number of rotatable bonds is 4. The fourth-order valence-electron chi connectivity index (χ4n) is 2.30. The highest BCUT2D eigenvalue weighted by Gasteiger charge is 2.11. The van der Waals surface area contributed by atoms with Crippen LogP contribution in [0.3, 0.4) is 0 Å². The number of hydrogen-bond acceptors (Lipinski definition) is 7. The molecule has 4 rings (SSSR count). The lowest BCUT2D eigenvalue weighted by molar-refractivity contribution is 0.102. The highest BCUT2D eigenvalue weighted by Crippen LogP contribution is 2.29. The van der Waals surface area contributed by atoms with Crippen LogP contribution >= 0.6 is 11.3 Å². The molecule has 0 bridgehead atoms. The standard InChI is InChI=1S/C16H12N6O2S/c1-24-12-6-7-13-14(8-12)25-16(18-13)19-15(23)10-2-4-11(5-3-10)22-9-17-20-21-22/h2-9H,1H3,(H,18,19,23). The second-order valence-electron chi connectivity index (χ2n) is 5.11. The van der Waals surface area contributed by atoms with Crippen LogP contribution in [0.25, 0.3) is 15.9 Å². The first-order chi connectivity index (χ1) is 12.2. The lowest BCUT2D eigenvalue weighted by Crippen LogP contribution is -2.11. The summed E-state index contributed by atoms with van der Waals surface area (Å²) in [7, 11) is 1.62.